The fraction of sp³-hybridized carbons (Fsp3) is 0.294. The largest absolute Gasteiger partial charge is 0.338 e. The molecule has 0 atom stereocenters. The zero-order valence-electron chi connectivity index (χ0n) is 15.0. The van der Waals surface area contributed by atoms with Gasteiger partial charge in [0.05, 0.1) is 15.9 Å². The molecule has 1 aliphatic heterocycles. The Hall–Kier alpha value is -3.23. The van der Waals surface area contributed by atoms with Crippen LogP contribution in [0, 0.1) is 18.3 Å². The molecule has 0 unspecified atom stereocenters. The number of nitriles is 1. The van der Waals surface area contributed by atoms with E-state index in [2.05, 4.69) is 19.9 Å². The minimum atomic E-state index is -3.69. The molecule has 1 saturated heterocycles. The summed E-state index contributed by atoms with van der Waals surface area (Å²) in [5.74, 6) is 0.430. The molecule has 1 aliphatic rings. The molecule has 4 rings (SSSR count). The number of hydrogen-bond acceptors (Lipinski definition) is 7. The van der Waals surface area contributed by atoms with Crippen molar-refractivity contribution < 1.29 is 8.42 Å². The number of anilines is 1. The molecular weight excluding hydrogens is 382 g/mol. The highest BCUT2D eigenvalue weighted by atomic mass is 32.2. The molecule has 0 radical (unpaired) electrons. The van der Waals surface area contributed by atoms with Gasteiger partial charge in [-0.05, 0) is 31.2 Å². The molecule has 2 aromatic heterocycles. The molecule has 0 aliphatic carbocycles. The van der Waals surface area contributed by atoms with Gasteiger partial charge in [0.15, 0.2) is 0 Å². The average Bonchev–Trinajstić information content (AvgIpc) is 3.06. The molecule has 2 N–H and O–H groups in total. The van der Waals surface area contributed by atoms with E-state index in [-0.39, 0.29) is 29.4 Å². The van der Waals surface area contributed by atoms with Crippen molar-refractivity contribution in [3.63, 3.8) is 0 Å². The van der Waals surface area contributed by atoms with E-state index >= 15 is 0 Å². The summed E-state index contributed by atoms with van der Waals surface area (Å²) in [5, 5.41) is 9.07. The summed E-state index contributed by atoms with van der Waals surface area (Å²) >= 11 is 0. The summed E-state index contributed by atoms with van der Waals surface area (Å²) in [5.41, 5.74) is 1.59. The van der Waals surface area contributed by atoms with E-state index in [0.29, 0.717) is 35.8 Å². The number of piperazine rings is 1. The zero-order chi connectivity index (χ0) is 19.9. The number of imidazole rings is 1. The van der Waals surface area contributed by atoms with Gasteiger partial charge in [-0.25, -0.2) is 23.2 Å². The average molecular weight is 399 g/mol. The number of benzene rings is 1. The Kier molecular flexibility index (Phi) is 4.37. The zero-order valence-corrected chi connectivity index (χ0v) is 15.8. The van der Waals surface area contributed by atoms with Gasteiger partial charge in [-0.1, -0.05) is 0 Å². The number of H-pyrrole nitrogens is 2. The standard InChI is InChI=1S/C17H17N7O3S/c1-11-8-12(10-18)20-16(19-11)23-4-6-24(7-5-23)28(26,27)13-2-3-14-15(9-13)22-17(25)21-14/h2-3,8-9H,4-7H2,1H3,(H2,21,22,25). The number of aromatic nitrogens is 4. The van der Waals surface area contributed by atoms with Gasteiger partial charge >= 0.3 is 5.69 Å². The summed E-state index contributed by atoms with van der Waals surface area (Å²) in [6.45, 7) is 3.15. The molecule has 28 heavy (non-hydrogen) atoms. The van der Waals surface area contributed by atoms with E-state index < -0.39 is 10.0 Å². The smallest absolute Gasteiger partial charge is 0.323 e. The van der Waals surface area contributed by atoms with Crippen LogP contribution in [-0.2, 0) is 10.0 Å². The lowest BCUT2D eigenvalue weighted by molar-refractivity contribution is 0.382. The van der Waals surface area contributed by atoms with Crippen molar-refractivity contribution in [2.24, 2.45) is 0 Å². The van der Waals surface area contributed by atoms with Crippen LogP contribution < -0.4 is 10.6 Å². The summed E-state index contributed by atoms with van der Waals surface area (Å²) < 4.78 is 27.3. The molecule has 0 saturated carbocycles. The minimum Gasteiger partial charge on any atom is -0.338 e. The first kappa shape index (κ1) is 18.1. The number of nitrogens with zero attached hydrogens (tertiary/aromatic N) is 5. The lowest BCUT2D eigenvalue weighted by atomic mass is 10.3. The van der Waals surface area contributed by atoms with Crippen molar-refractivity contribution in [1.29, 1.82) is 5.26 Å². The molecular formula is C17H17N7O3S. The normalized spacial score (nSPS) is 15.6. The van der Waals surface area contributed by atoms with Crippen LogP contribution in [0.2, 0.25) is 0 Å². The van der Waals surface area contributed by atoms with Gasteiger partial charge in [-0.3, -0.25) is 0 Å². The first-order valence-electron chi connectivity index (χ1n) is 8.60. The third-order valence-corrected chi connectivity index (χ3v) is 6.50. The maximum atomic E-state index is 13.0. The van der Waals surface area contributed by atoms with E-state index in [4.69, 9.17) is 5.26 Å². The van der Waals surface area contributed by atoms with Gasteiger partial charge in [0.25, 0.3) is 0 Å². The molecule has 11 heteroatoms. The van der Waals surface area contributed by atoms with Crippen molar-refractivity contribution in [2.75, 3.05) is 31.1 Å². The monoisotopic (exact) mass is 399 g/mol. The lowest BCUT2D eigenvalue weighted by Gasteiger charge is -2.34. The maximum absolute atomic E-state index is 13.0. The van der Waals surface area contributed by atoms with Crippen LogP contribution in [-0.4, -0.2) is 58.8 Å². The maximum Gasteiger partial charge on any atom is 0.323 e. The third-order valence-electron chi connectivity index (χ3n) is 4.60. The van der Waals surface area contributed by atoms with Crippen molar-refractivity contribution >= 4 is 27.0 Å². The predicted molar refractivity (Wildman–Crippen MR) is 101 cm³/mol. The highest BCUT2D eigenvalue weighted by molar-refractivity contribution is 7.89. The Morgan fingerprint density at radius 1 is 1.07 bits per heavy atom. The van der Waals surface area contributed by atoms with Crippen LogP contribution in [0.15, 0.2) is 34.0 Å². The Balaban J connectivity index is 1.54. The van der Waals surface area contributed by atoms with Gasteiger partial charge < -0.3 is 14.9 Å². The Labute approximate surface area is 160 Å². The number of rotatable bonds is 3. The number of fused-ring (bicyclic) bond motifs is 1. The summed E-state index contributed by atoms with van der Waals surface area (Å²) in [6, 6.07) is 8.12. The first-order valence-corrected chi connectivity index (χ1v) is 10.0. The predicted octanol–water partition coefficient (Wildman–Crippen LogP) is 0.337. The van der Waals surface area contributed by atoms with Crippen molar-refractivity contribution in [3.05, 3.63) is 46.1 Å². The van der Waals surface area contributed by atoms with Crippen LogP contribution in [0.5, 0.6) is 0 Å². The van der Waals surface area contributed by atoms with Crippen molar-refractivity contribution in [2.45, 2.75) is 11.8 Å². The fourth-order valence-corrected chi connectivity index (χ4v) is 4.65. The lowest BCUT2D eigenvalue weighted by Crippen LogP contribution is -2.49. The molecule has 1 fully saturated rings. The quantitative estimate of drug-likeness (QED) is 0.647. The van der Waals surface area contributed by atoms with Gasteiger partial charge in [-0.2, -0.15) is 9.57 Å². The second-order valence-electron chi connectivity index (χ2n) is 6.48. The molecule has 3 aromatic rings. The summed E-state index contributed by atoms with van der Waals surface area (Å²) in [7, 11) is -3.69. The van der Waals surface area contributed by atoms with E-state index in [0.717, 1.165) is 0 Å². The fourth-order valence-electron chi connectivity index (χ4n) is 3.20. The van der Waals surface area contributed by atoms with Crippen LogP contribution in [0.25, 0.3) is 11.0 Å². The number of aryl methyl sites for hydroxylation is 1. The highest BCUT2D eigenvalue weighted by Gasteiger charge is 2.29. The van der Waals surface area contributed by atoms with Crippen molar-refractivity contribution in [3.8, 4) is 6.07 Å². The molecule has 0 spiro atoms. The molecule has 0 bridgehead atoms. The Morgan fingerprint density at radius 2 is 1.79 bits per heavy atom. The number of hydrogen-bond donors (Lipinski definition) is 2. The second kappa shape index (κ2) is 6.74. The summed E-state index contributed by atoms with van der Waals surface area (Å²) in [6.07, 6.45) is 0. The SMILES string of the molecule is Cc1cc(C#N)nc(N2CCN(S(=O)(=O)c3ccc4[nH]c(=O)[nH]c4c3)CC2)n1. The summed E-state index contributed by atoms with van der Waals surface area (Å²) in [4.78, 5) is 27.1. The van der Waals surface area contributed by atoms with Gasteiger partial charge in [0, 0.05) is 31.9 Å². The molecule has 10 nitrogen and oxygen atoms in total. The van der Waals surface area contributed by atoms with E-state index in [1.54, 1.807) is 19.1 Å². The van der Waals surface area contributed by atoms with Gasteiger partial charge in [0.2, 0.25) is 16.0 Å². The first-order chi connectivity index (χ1) is 13.4. The number of sulfonamides is 1. The van der Waals surface area contributed by atoms with E-state index in [1.807, 2.05) is 11.0 Å². The highest BCUT2D eigenvalue weighted by Crippen LogP contribution is 2.22. The van der Waals surface area contributed by atoms with Crippen molar-refractivity contribution in [1.82, 2.24) is 24.2 Å². The Bertz CT molecular complexity index is 1250. The third kappa shape index (κ3) is 3.23. The van der Waals surface area contributed by atoms with Crippen LogP contribution >= 0.6 is 0 Å². The molecule has 3 heterocycles. The minimum absolute atomic E-state index is 0.127. The second-order valence-corrected chi connectivity index (χ2v) is 8.42. The topological polar surface area (TPSA) is 139 Å². The van der Waals surface area contributed by atoms with Crippen LogP contribution in [0.4, 0.5) is 5.95 Å². The van der Waals surface area contributed by atoms with Crippen LogP contribution in [0.3, 0.4) is 0 Å². The van der Waals surface area contributed by atoms with Gasteiger partial charge in [-0.15, -0.1) is 0 Å². The van der Waals surface area contributed by atoms with E-state index in [9.17, 15) is 13.2 Å². The van der Waals surface area contributed by atoms with E-state index in [1.165, 1.54) is 16.4 Å². The number of aromatic amines is 2. The number of nitrogens with one attached hydrogen (secondary N) is 2. The molecule has 144 valence electrons. The van der Waals surface area contributed by atoms with Crippen LogP contribution in [0.1, 0.15) is 11.4 Å². The molecule has 0 amide bonds. The Morgan fingerprint density at radius 3 is 2.50 bits per heavy atom. The van der Waals surface area contributed by atoms with Gasteiger partial charge in [0.1, 0.15) is 11.8 Å². The molecule has 1 aromatic carbocycles.